The largest absolute Gasteiger partial charge is 0.494 e. The first-order valence-corrected chi connectivity index (χ1v) is 19.4. The predicted molar refractivity (Wildman–Crippen MR) is 182 cm³/mol. The van der Waals surface area contributed by atoms with Gasteiger partial charge in [0, 0.05) is 33.5 Å². The maximum absolute atomic E-state index is 14.7. The number of aliphatic hydroxyl groups is 2. The Morgan fingerprint density at radius 1 is 1.02 bits per heavy atom. The number of rotatable bonds is 7. The smallest absolute Gasteiger partial charge is 0.162 e. The van der Waals surface area contributed by atoms with Crippen LogP contribution in [0.15, 0.2) is 46.3 Å². The van der Waals surface area contributed by atoms with Crippen molar-refractivity contribution in [2.24, 2.45) is 39.4 Å². The van der Waals surface area contributed by atoms with Gasteiger partial charge in [0.05, 0.1) is 28.5 Å². The van der Waals surface area contributed by atoms with Crippen molar-refractivity contribution >= 4 is 39.1 Å². The first-order chi connectivity index (χ1) is 21.6. The number of aromatic nitrogens is 1. The number of ether oxygens (including phenoxy) is 1. The third kappa shape index (κ3) is 4.25. The highest BCUT2D eigenvalue weighted by Crippen LogP contribution is 2.78. The second-order valence-corrected chi connectivity index (χ2v) is 18.1. The van der Waals surface area contributed by atoms with E-state index in [0.29, 0.717) is 24.1 Å². The number of carbonyl (C=O) groups is 1. The molecule has 2 N–H and O–H groups in total. The molecular weight excluding hydrogens is 599 g/mol. The van der Waals surface area contributed by atoms with Crippen molar-refractivity contribution in [2.45, 2.75) is 114 Å². The van der Waals surface area contributed by atoms with E-state index < -0.39 is 5.60 Å². The second kappa shape index (κ2) is 10.7. The van der Waals surface area contributed by atoms with Gasteiger partial charge in [-0.15, -0.1) is 11.3 Å². The number of Topliss-reactive ketones (excluding diaryl/α,β-unsaturated/α-hetero) is 1. The normalized spacial score (nSPS) is 42.2. The summed E-state index contributed by atoms with van der Waals surface area (Å²) in [6.45, 7) is 7.47. The number of hydrogen-bond donors (Lipinski definition) is 2. The number of hydrogen-bond acceptors (Lipinski definition) is 7. The molecule has 45 heavy (non-hydrogen) atoms. The molecule has 0 amide bonds. The van der Waals surface area contributed by atoms with Gasteiger partial charge in [-0.2, -0.15) is 0 Å². The minimum Gasteiger partial charge on any atom is -0.494 e. The van der Waals surface area contributed by atoms with Crippen LogP contribution in [0.2, 0.25) is 0 Å². The standard InChI is InChI=1S/C38H49NO4S2/c1-4-43-26-10-11-28-29(20-26)45-33(39-28)44-23-37(42)17-14-31-35(37,3)16-13-30-34(2)15-12-25(40)21-36(34)18-19-38(30,31)27(22-36)32(41)24-8-6-5-7-9-24/h10-11,18-20,22,24-25,30-31,40,42H,4-9,12-17,21,23H2,1-3H3. The van der Waals surface area contributed by atoms with Crippen molar-refractivity contribution in [1.82, 2.24) is 4.98 Å². The molecular formula is C38H49NO4S2. The molecule has 8 unspecified atom stereocenters. The van der Waals surface area contributed by atoms with E-state index in [9.17, 15) is 15.0 Å². The van der Waals surface area contributed by atoms with Gasteiger partial charge in [0.15, 0.2) is 10.1 Å². The topological polar surface area (TPSA) is 79.7 Å². The molecule has 242 valence electrons. The van der Waals surface area contributed by atoms with E-state index in [1.807, 2.05) is 19.1 Å². The van der Waals surface area contributed by atoms with Crippen molar-refractivity contribution < 1.29 is 19.7 Å². The molecule has 7 aliphatic carbocycles. The van der Waals surface area contributed by atoms with E-state index in [2.05, 4.69) is 38.1 Å². The predicted octanol–water partition coefficient (Wildman–Crippen LogP) is 8.53. The number of thiazole rings is 1. The fraction of sp³-hybridized carbons (Fsp3) is 0.684. The number of benzene rings is 1. The quantitative estimate of drug-likeness (QED) is 0.232. The summed E-state index contributed by atoms with van der Waals surface area (Å²) >= 11 is 3.38. The molecule has 7 aliphatic rings. The summed E-state index contributed by atoms with van der Waals surface area (Å²) in [6.07, 6.45) is 18.8. The molecule has 0 saturated heterocycles. The Bertz CT molecular complexity index is 1580. The Kier molecular flexibility index (Phi) is 7.27. The van der Waals surface area contributed by atoms with E-state index >= 15 is 0 Å². The molecule has 1 heterocycles. The SMILES string of the molecule is CCOc1ccc2nc(SCC3(O)CCC4C56C=CC7(C=C5C(=O)C5CCCCC5)CC(O)CCC7(C)C6CCC43C)sc2c1. The fourth-order valence-corrected chi connectivity index (χ4v) is 14.0. The molecule has 9 rings (SSSR count). The highest BCUT2D eigenvalue weighted by atomic mass is 32.2. The third-order valence-corrected chi connectivity index (χ3v) is 16.4. The lowest BCUT2D eigenvalue weighted by Crippen LogP contribution is -2.67. The Hall–Kier alpha value is -1.67. The molecule has 2 bridgehead atoms. The minimum atomic E-state index is -0.834. The molecule has 0 aliphatic heterocycles. The van der Waals surface area contributed by atoms with Crippen LogP contribution in [0.25, 0.3) is 10.2 Å². The summed E-state index contributed by atoms with van der Waals surface area (Å²) in [7, 11) is 0. The summed E-state index contributed by atoms with van der Waals surface area (Å²) in [5.41, 5.74) is 0.359. The average molecular weight is 648 g/mol. The van der Waals surface area contributed by atoms with Crippen molar-refractivity contribution in [3.05, 3.63) is 42.0 Å². The fourth-order valence-electron chi connectivity index (χ4n) is 11.6. The van der Waals surface area contributed by atoms with Crippen LogP contribution in [0.3, 0.4) is 0 Å². The van der Waals surface area contributed by atoms with Crippen LogP contribution in [-0.4, -0.2) is 45.0 Å². The zero-order valence-corrected chi connectivity index (χ0v) is 28.8. The van der Waals surface area contributed by atoms with Crippen molar-refractivity contribution in [3.63, 3.8) is 0 Å². The van der Waals surface area contributed by atoms with Gasteiger partial charge in [0.1, 0.15) is 5.75 Å². The van der Waals surface area contributed by atoms with Crippen LogP contribution in [-0.2, 0) is 4.79 Å². The van der Waals surface area contributed by atoms with Crippen molar-refractivity contribution in [2.75, 3.05) is 12.4 Å². The van der Waals surface area contributed by atoms with Gasteiger partial charge in [-0.25, -0.2) is 4.98 Å². The molecule has 4 saturated carbocycles. The van der Waals surface area contributed by atoms with E-state index in [-0.39, 0.29) is 39.6 Å². The summed E-state index contributed by atoms with van der Waals surface area (Å²) in [5, 5.41) is 23.6. The number of ketones is 1. The summed E-state index contributed by atoms with van der Waals surface area (Å²) in [4.78, 5) is 19.6. The number of fused-ring (bicyclic) bond motifs is 2. The molecule has 0 radical (unpaired) electrons. The van der Waals surface area contributed by atoms with Crippen LogP contribution in [0.4, 0.5) is 0 Å². The Balaban J connectivity index is 1.14. The Morgan fingerprint density at radius 3 is 2.58 bits per heavy atom. The number of carbonyl (C=O) groups excluding carboxylic acids is 1. The maximum atomic E-state index is 14.7. The lowest BCUT2D eigenvalue weighted by molar-refractivity contribution is -0.171. The minimum absolute atomic E-state index is 0.0233. The summed E-state index contributed by atoms with van der Waals surface area (Å²) in [5.74, 6) is 2.58. The Morgan fingerprint density at radius 2 is 1.78 bits per heavy atom. The van der Waals surface area contributed by atoms with Crippen molar-refractivity contribution in [3.8, 4) is 5.75 Å². The zero-order valence-electron chi connectivity index (χ0n) is 27.1. The second-order valence-electron chi connectivity index (χ2n) is 15.8. The zero-order chi connectivity index (χ0) is 31.2. The van der Waals surface area contributed by atoms with Gasteiger partial charge < -0.3 is 14.9 Å². The monoisotopic (exact) mass is 647 g/mol. The van der Waals surface area contributed by atoms with Crippen LogP contribution < -0.4 is 4.74 Å². The number of thioether (sulfide) groups is 1. The van der Waals surface area contributed by atoms with Gasteiger partial charge in [0.2, 0.25) is 0 Å². The number of aliphatic hydroxyl groups excluding tert-OH is 1. The average Bonchev–Trinajstić information content (AvgIpc) is 3.57. The van der Waals surface area contributed by atoms with Crippen LogP contribution in [0.1, 0.15) is 97.8 Å². The molecule has 4 fully saturated rings. The summed E-state index contributed by atoms with van der Waals surface area (Å²) in [6, 6.07) is 6.09. The molecule has 5 nitrogen and oxygen atoms in total. The first-order valence-electron chi connectivity index (χ1n) is 17.6. The lowest BCUT2D eigenvalue weighted by Gasteiger charge is -2.71. The molecule has 7 heteroatoms. The first kappa shape index (κ1) is 30.7. The van der Waals surface area contributed by atoms with Gasteiger partial charge in [0.25, 0.3) is 0 Å². The van der Waals surface area contributed by atoms with Gasteiger partial charge in [-0.1, -0.05) is 63.1 Å². The number of allylic oxidation sites excluding steroid dienone is 4. The molecule has 1 aromatic carbocycles. The van der Waals surface area contributed by atoms with E-state index in [1.165, 1.54) is 6.42 Å². The van der Waals surface area contributed by atoms with Gasteiger partial charge >= 0.3 is 0 Å². The molecule has 1 aromatic heterocycles. The highest BCUT2D eigenvalue weighted by molar-refractivity contribution is 8.01. The summed E-state index contributed by atoms with van der Waals surface area (Å²) < 4.78 is 7.82. The van der Waals surface area contributed by atoms with Crippen LogP contribution >= 0.6 is 23.1 Å². The van der Waals surface area contributed by atoms with E-state index in [1.54, 1.807) is 23.1 Å². The third-order valence-electron chi connectivity index (χ3n) is 14.0. The van der Waals surface area contributed by atoms with Crippen LogP contribution in [0, 0.1) is 39.4 Å². The molecule has 2 spiro atoms. The number of nitrogens with zero attached hydrogens (tertiary/aromatic N) is 1. The highest BCUT2D eigenvalue weighted by Gasteiger charge is 2.74. The van der Waals surface area contributed by atoms with Crippen LogP contribution in [0.5, 0.6) is 5.75 Å². The molecule has 2 aromatic rings. The van der Waals surface area contributed by atoms with E-state index in [4.69, 9.17) is 9.72 Å². The van der Waals surface area contributed by atoms with Gasteiger partial charge in [-0.3, -0.25) is 4.79 Å². The van der Waals surface area contributed by atoms with Crippen molar-refractivity contribution in [1.29, 1.82) is 0 Å². The van der Waals surface area contributed by atoms with E-state index in [0.717, 1.165) is 96.5 Å². The maximum Gasteiger partial charge on any atom is 0.162 e. The Labute approximate surface area is 276 Å². The molecule has 8 atom stereocenters. The van der Waals surface area contributed by atoms with Gasteiger partial charge in [-0.05, 0) is 100 Å². The lowest BCUT2D eigenvalue weighted by atomic mass is 9.32.